The van der Waals surface area contributed by atoms with Gasteiger partial charge in [-0.2, -0.15) is 0 Å². The summed E-state index contributed by atoms with van der Waals surface area (Å²) >= 11 is -0.870. The third-order valence-electron chi connectivity index (χ3n) is 1.51. The summed E-state index contributed by atoms with van der Waals surface area (Å²) in [5.41, 5.74) is 0. The minimum atomic E-state index is -0.870. The zero-order valence-electron chi connectivity index (χ0n) is 5.80. The first-order valence-corrected chi connectivity index (χ1v) is 4.67. The first-order valence-electron chi connectivity index (χ1n) is 3.35. The van der Waals surface area contributed by atoms with E-state index in [0.29, 0.717) is 5.75 Å². The lowest BCUT2D eigenvalue weighted by molar-refractivity contribution is 0.603. The second kappa shape index (κ2) is 3.70. The second-order valence-corrected chi connectivity index (χ2v) is 3.76. The zero-order valence-corrected chi connectivity index (χ0v) is 6.62. The van der Waals surface area contributed by atoms with Crippen molar-refractivity contribution < 1.29 is 4.55 Å². The zero-order chi connectivity index (χ0) is 7.40. The largest absolute Gasteiger partial charge is 0.611 e. The summed E-state index contributed by atoms with van der Waals surface area (Å²) in [4.78, 5) is 1.05. The first kappa shape index (κ1) is 7.71. The van der Waals surface area contributed by atoms with Crippen LogP contribution in [0.1, 0.15) is 19.3 Å². The smallest absolute Gasteiger partial charge is 0.170 e. The van der Waals surface area contributed by atoms with Crippen molar-refractivity contribution in [3.8, 4) is 12.3 Å². The van der Waals surface area contributed by atoms with E-state index in [2.05, 4.69) is 5.92 Å². The van der Waals surface area contributed by atoms with Crippen molar-refractivity contribution >= 4 is 11.2 Å². The van der Waals surface area contributed by atoms with E-state index in [4.69, 9.17) is 6.42 Å². The summed E-state index contributed by atoms with van der Waals surface area (Å²) < 4.78 is 11.1. The van der Waals surface area contributed by atoms with Crippen molar-refractivity contribution in [2.75, 3.05) is 5.75 Å². The average Bonchev–Trinajstić information content (AvgIpc) is 2.38. The van der Waals surface area contributed by atoms with Gasteiger partial charge in [-0.1, -0.05) is 5.92 Å². The van der Waals surface area contributed by atoms with Crippen molar-refractivity contribution in [3.63, 3.8) is 0 Å². The lowest BCUT2D eigenvalue weighted by Gasteiger charge is -2.06. The van der Waals surface area contributed by atoms with Gasteiger partial charge < -0.3 is 4.55 Å². The van der Waals surface area contributed by atoms with Gasteiger partial charge in [0.1, 0.15) is 4.91 Å². The van der Waals surface area contributed by atoms with Gasteiger partial charge in [0.15, 0.2) is 5.75 Å². The van der Waals surface area contributed by atoms with Crippen LogP contribution in [0.2, 0.25) is 0 Å². The predicted molar refractivity (Wildman–Crippen MR) is 43.8 cm³/mol. The average molecular weight is 154 g/mol. The molecule has 0 aromatic rings. The minimum absolute atomic E-state index is 0.381. The van der Waals surface area contributed by atoms with Gasteiger partial charge in [-0.25, -0.2) is 0 Å². The molecule has 0 bridgehead atoms. The van der Waals surface area contributed by atoms with E-state index >= 15 is 0 Å². The Labute approximate surface area is 64.7 Å². The van der Waals surface area contributed by atoms with Crippen LogP contribution >= 0.6 is 0 Å². The molecule has 0 fully saturated rings. The van der Waals surface area contributed by atoms with Gasteiger partial charge in [0.05, 0.1) is 0 Å². The van der Waals surface area contributed by atoms with E-state index in [0.717, 1.165) is 24.2 Å². The van der Waals surface area contributed by atoms with E-state index in [1.165, 1.54) is 0 Å². The third kappa shape index (κ3) is 1.80. The Bertz CT molecular complexity index is 178. The van der Waals surface area contributed by atoms with Crippen LogP contribution in [0.25, 0.3) is 0 Å². The van der Waals surface area contributed by atoms with Gasteiger partial charge in [-0.3, -0.25) is 0 Å². The normalized spacial score (nSPS) is 19.8. The standard InChI is InChI=1S/C8H10OS/c1-2-7-10(9)8-5-3-4-6-8/h1,5H,3-4,6-7H2. The fourth-order valence-corrected chi connectivity index (χ4v) is 2.03. The Hall–Kier alpha value is -0.390. The molecule has 0 saturated carbocycles. The molecule has 0 saturated heterocycles. The quantitative estimate of drug-likeness (QED) is 0.436. The Morgan fingerprint density at radius 3 is 3.10 bits per heavy atom. The molecular formula is C8H10OS. The highest BCUT2D eigenvalue weighted by Crippen LogP contribution is 2.22. The van der Waals surface area contributed by atoms with E-state index in [1.807, 2.05) is 6.08 Å². The maximum absolute atomic E-state index is 11.1. The van der Waals surface area contributed by atoms with Gasteiger partial charge >= 0.3 is 0 Å². The lowest BCUT2D eigenvalue weighted by Crippen LogP contribution is -2.05. The van der Waals surface area contributed by atoms with Crippen molar-refractivity contribution in [3.05, 3.63) is 11.0 Å². The fraction of sp³-hybridized carbons (Fsp3) is 0.500. The fourth-order valence-electron chi connectivity index (χ4n) is 1.02. The van der Waals surface area contributed by atoms with Crippen LogP contribution in [0.4, 0.5) is 0 Å². The van der Waals surface area contributed by atoms with E-state index in [9.17, 15) is 4.55 Å². The molecule has 0 aromatic carbocycles. The van der Waals surface area contributed by atoms with Crippen LogP contribution in [0.5, 0.6) is 0 Å². The molecule has 10 heavy (non-hydrogen) atoms. The number of hydrogen-bond acceptors (Lipinski definition) is 1. The van der Waals surface area contributed by atoms with Crippen LogP contribution in [0.15, 0.2) is 11.0 Å². The maximum atomic E-state index is 11.1. The predicted octanol–water partition coefficient (Wildman–Crippen LogP) is 1.44. The van der Waals surface area contributed by atoms with Crippen molar-refractivity contribution in [2.24, 2.45) is 0 Å². The Morgan fingerprint density at radius 2 is 2.60 bits per heavy atom. The van der Waals surface area contributed by atoms with E-state index < -0.39 is 11.2 Å². The molecule has 54 valence electrons. The highest BCUT2D eigenvalue weighted by Gasteiger charge is 2.16. The van der Waals surface area contributed by atoms with Crippen LogP contribution in [-0.2, 0) is 11.2 Å². The number of allylic oxidation sites excluding steroid dienone is 2. The van der Waals surface area contributed by atoms with E-state index in [1.54, 1.807) is 0 Å². The molecule has 1 aliphatic carbocycles. The van der Waals surface area contributed by atoms with Gasteiger partial charge in [-0.05, 0) is 30.1 Å². The Balaban J connectivity index is 2.41. The van der Waals surface area contributed by atoms with Crippen LogP contribution in [0, 0.1) is 12.3 Å². The molecule has 0 N–H and O–H groups in total. The molecule has 2 heteroatoms. The Morgan fingerprint density at radius 1 is 1.80 bits per heavy atom. The van der Waals surface area contributed by atoms with Gasteiger partial charge in [0.25, 0.3) is 0 Å². The molecule has 0 amide bonds. The Kier molecular flexibility index (Phi) is 2.85. The molecule has 0 aromatic heterocycles. The molecule has 0 spiro atoms. The molecule has 0 aliphatic heterocycles. The van der Waals surface area contributed by atoms with Gasteiger partial charge in [-0.15, -0.1) is 6.42 Å². The molecule has 1 atom stereocenters. The minimum Gasteiger partial charge on any atom is -0.611 e. The molecule has 1 unspecified atom stereocenters. The van der Waals surface area contributed by atoms with E-state index in [-0.39, 0.29) is 0 Å². The lowest BCUT2D eigenvalue weighted by atomic mass is 10.4. The van der Waals surface area contributed by atoms with Crippen LogP contribution in [-0.4, -0.2) is 10.3 Å². The monoisotopic (exact) mass is 154 g/mol. The molecule has 1 rings (SSSR count). The highest BCUT2D eigenvalue weighted by atomic mass is 32.2. The van der Waals surface area contributed by atoms with Crippen molar-refractivity contribution in [1.82, 2.24) is 0 Å². The summed E-state index contributed by atoms with van der Waals surface area (Å²) in [6.45, 7) is 0. The molecule has 0 heterocycles. The summed E-state index contributed by atoms with van der Waals surface area (Å²) in [5.74, 6) is 2.78. The first-order chi connectivity index (χ1) is 4.84. The number of hydrogen-bond donors (Lipinski definition) is 0. The van der Waals surface area contributed by atoms with Gasteiger partial charge in [0.2, 0.25) is 0 Å². The topological polar surface area (TPSA) is 23.1 Å². The second-order valence-electron chi connectivity index (χ2n) is 2.26. The van der Waals surface area contributed by atoms with Crippen LogP contribution in [0.3, 0.4) is 0 Å². The number of rotatable bonds is 2. The van der Waals surface area contributed by atoms with Crippen molar-refractivity contribution in [1.29, 1.82) is 0 Å². The molecule has 0 radical (unpaired) electrons. The van der Waals surface area contributed by atoms with Crippen molar-refractivity contribution in [2.45, 2.75) is 19.3 Å². The molecule has 1 aliphatic rings. The van der Waals surface area contributed by atoms with Crippen LogP contribution < -0.4 is 0 Å². The summed E-state index contributed by atoms with van der Waals surface area (Å²) in [5, 5.41) is 0. The highest BCUT2D eigenvalue weighted by molar-refractivity contribution is 7.95. The summed E-state index contributed by atoms with van der Waals surface area (Å²) in [6.07, 6.45) is 10.3. The molecule has 1 nitrogen and oxygen atoms in total. The SMILES string of the molecule is C#CC[S+]([O-])C1=CCCC1. The summed E-state index contributed by atoms with van der Waals surface area (Å²) in [6, 6.07) is 0. The van der Waals surface area contributed by atoms with Gasteiger partial charge in [0, 0.05) is 6.42 Å². The molecular weight excluding hydrogens is 144 g/mol. The maximum Gasteiger partial charge on any atom is 0.170 e. The number of terminal acetylenes is 1. The summed E-state index contributed by atoms with van der Waals surface area (Å²) in [7, 11) is 0. The third-order valence-corrected chi connectivity index (χ3v) is 2.89.